The fourth-order valence-corrected chi connectivity index (χ4v) is 1.57. The van der Waals surface area contributed by atoms with Crippen molar-refractivity contribution in [2.75, 3.05) is 0 Å². The Morgan fingerprint density at radius 1 is 1.70 bits per heavy atom. The molecule has 1 heterocycles. The first kappa shape index (κ1) is 6.02. The van der Waals surface area contributed by atoms with Gasteiger partial charge in [-0.3, -0.25) is 0 Å². The Bertz CT molecular complexity index is 225. The van der Waals surface area contributed by atoms with Crippen LogP contribution in [0.5, 0.6) is 0 Å². The van der Waals surface area contributed by atoms with Gasteiger partial charge in [0.05, 0.1) is 12.5 Å². The average molecular weight is 136 g/mol. The lowest BCUT2D eigenvalue weighted by Gasteiger charge is -2.03. The van der Waals surface area contributed by atoms with E-state index in [-0.39, 0.29) is 0 Å². The second-order valence-electron chi connectivity index (χ2n) is 3.53. The van der Waals surface area contributed by atoms with E-state index in [1.807, 2.05) is 6.26 Å². The van der Waals surface area contributed by atoms with E-state index in [0.717, 1.165) is 5.92 Å². The van der Waals surface area contributed by atoms with Crippen molar-refractivity contribution in [3.8, 4) is 0 Å². The summed E-state index contributed by atoms with van der Waals surface area (Å²) in [6.45, 7) is 4.58. The molecule has 0 saturated heterocycles. The Balaban J connectivity index is 2.30. The van der Waals surface area contributed by atoms with E-state index < -0.39 is 0 Å². The highest BCUT2D eigenvalue weighted by Crippen LogP contribution is 2.53. The van der Waals surface area contributed by atoms with E-state index in [1.54, 1.807) is 6.26 Å². The number of rotatable bonds is 1. The van der Waals surface area contributed by atoms with Crippen LogP contribution in [0.25, 0.3) is 0 Å². The van der Waals surface area contributed by atoms with Crippen molar-refractivity contribution in [1.82, 2.24) is 0 Å². The lowest BCUT2D eigenvalue weighted by atomic mass is 10.00. The molecule has 1 nitrogen and oxygen atoms in total. The van der Waals surface area contributed by atoms with Gasteiger partial charge >= 0.3 is 0 Å². The van der Waals surface area contributed by atoms with Gasteiger partial charge in [0.1, 0.15) is 0 Å². The van der Waals surface area contributed by atoms with Crippen molar-refractivity contribution < 1.29 is 4.42 Å². The third kappa shape index (κ3) is 0.634. The van der Waals surface area contributed by atoms with Crippen LogP contribution in [0.3, 0.4) is 0 Å². The summed E-state index contributed by atoms with van der Waals surface area (Å²) in [5, 5.41) is 0. The van der Waals surface area contributed by atoms with Gasteiger partial charge in [0.25, 0.3) is 0 Å². The molecule has 0 N–H and O–H groups in total. The third-order valence-corrected chi connectivity index (χ3v) is 2.84. The van der Waals surface area contributed by atoms with Gasteiger partial charge < -0.3 is 4.42 Å². The molecule has 1 heteroatoms. The monoisotopic (exact) mass is 136 g/mol. The number of hydrogen-bond acceptors (Lipinski definition) is 1. The fraction of sp³-hybridized carbons (Fsp3) is 0.556. The zero-order chi connectivity index (χ0) is 7.19. The molecule has 1 saturated carbocycles. The first-order chi connectivity index (χ1) is 4.73. The van der Waals surface area contributed by atoms with Crippen LogP contribution in [0.4, 0.5) is 0 Å². The molecule has 0 spiro atoms. The van der Waals surface area contributed by atoms with Crippen LogP contribution in [-0.2, 0) is 5.41 Å². The minimum absolute atomic E-state index is 0.438. The smallest absolute Gasteiger partial charge is 0.0940 e. The molecule has 2 rings (SSSR count). The predicted molar refractivity (Wildman–Crippen MR) is 39.8 cm³/mol. The van der Waals surface area contributed by atoms with Gasteiger partial charge in [-0.2, -0.15) is 0 Å². The summed E-state index contributed by atoms with van der Waals surface area (Å²) in [7, 11) is 0. The average Bonchev–Trinajstić information content (AvgIpc) is 2.35. The Labute approximate surface area is 61.0 Å². The summed E-state index contributed by atoms with van der Waals surface area (Å²) in [6, 6.07) is 2.07. The topological polar surface area (TPSA) is 13.1 Å². The second kappa shape index (κ2) is 1.66. The third-order valence-electron chi connectivity index (χ3n) is 2.84. The lowest BCUT2D eigenvalue weighted by molar-refractivity contribution is 0.556. The highest BCUT2D eigenvalue weighted by atomic mass is 16.3. The highest BCUT2D eigenvalue weighted by Gasteiger charge is 2.48. The molecule has 1 aliphatic carbocycles. The van der Waals surface area contributed by atoms with E-state index in [1.165, 1.54) is 12.0 Å². The summed E-state index contributed by atoms with van der Waals surface area (Å²) in [6.07, 6.45) is 4.93. The molecule has 1 aromatic rings. The van der Waals surface area contributed by atoms with Crippen LogP contribution in [-0.4, -0.2) is 0 Å². The zero-order valence-electron chi connectivity index (χ0n) is 6.42. The molecular formula is C9H12O. The molecule has 0 aliphatic heterocycles. The molecule has 1 aromatic heterocycles. The number of hydrogen-bond donors (Lipinski definition) is 0. The molecular weight excluding hydrogens is 124 g/mol. The van der Waals surface area contributed by atoms with Gasteiger partial charge in [-0.05, 0) is 29.4 Å². The Morgan fingerprint density at radius 2 is 2.40 bits per heavy atom. The second-order valence-corrected chi connectivity index (χ2v) is 3.53. The standard InChI is InChI=1S/C9H12O/c1-7-5-9(7,2)8-3-4-10-6-8/h3-4,6-7H,5H2,1-2H3. The van der Waals surface area contributed by atoms with Crippen molar-refractivity contribution in [1.29, 1.82) is 0 Å². The van der Waals surface area contributed by atoms with E-state index in [2.05, 4.69) is 19.9 Å². The Morgan fingerprint density at radius 3 is 2.80 bits per heavy atom. The summed E-state index contributed by atoms with van der Waals surface area (Å²) < 4.78 is 5.03. The minimum Gasteiger partial charge on any atom is -0.472 e. The van der Waals surface area contributed by atoms with Crippen LogP contribution in [0.2, 0.25) is 0 Å². The summed E-state index contributed by atoms with van der Waals surface area (Å²) in [5.74, 6) is 0.838. The van der Waals surface area contributed by atoms with Gasteiger partial charge in [-0.15, -0.1) is 0 Å². The molecule has 0 radical (unpaired) electrons. The SMILES string of the molecule is CC1CC1(C)c1ccoc1. The molecule has 0 amide bonds. The van der Waals surface area contributed by atoms with Gasteiger partial charge in [-0.1, -0.05) is 13.8 Å². The van der Waals surface area contributed by atoms with Gasteiger partial charge in [-0.25, -0.2) is 0 Å². The van der Waals surface area contributed by atoms with Crippen molar-refractivity contribution in [3.05, 3.63) is 24.2 Å². The highest BCUT2D eigenvalue weighted by molar-refractivity contribution is 5.28. The van der Waals surface area contributed by atoms with Gasteiger partial charge in [0.15, 0.2) is 0 Å². The fourth-order valence-electron chi connectivity index (χ4n) is 1.57. The maximum atomic E-state index is 5.03. The van der Waals surface area contributed by atoms with Crippen LogP contribution in [0.15, 0.2) is 23.0 Å². The molecule has 54 valence electrons. The van der Waals surface area contributed by atoms with Crippen molar-refractivity contribution >= 4 is 0 Å². The van der Waals surface area contributed by atoms with E-state index >= 15 is 0 Å². The molecule has 1 aliphatic rings. The summed E-state index contributed by atoms with van der Waals surface area (Å²) in [5.41, 5.74) is 1.80. The first-order valence-corrected chi connectivity index (χ1v) is 3.76. The predicted octanol–water partition coefficient (Wildman–Crippen LogP) is 2.58. The van der Waals surface area contributed by atoms with Crippen LogP contribution in [0, 0.1) is 5.92 Å². The first-order valence-electron chi connectivity index (χ1n) is 3.76. The largest absolute Gasteiger partial charge is 0.472 e. The molecule has 2 atom stereocenters. The summed E-state index contributed by atoms with van der Waals surface area (Å²) >= 11 is 0. The number of furan rings is 1. The van der Waals surface area contributed by atoms with Crippen molar-refractivity contribution in [2.24, 2.45) is 5.92 Å². The Kier molecular flexibility index (Phi) is 0.997. The van der Waals surface area contributed by atoms with E-state index in [9.17, 15) is 0 Å². The molecule has 10 heavy (non-hydrogen) atoms. The van der Waals surface area contributed by atoms with Crippen molar-refractivity contribution in [2.45, 2.75) is 25.7 Å². The normalized spacial score (nSPS) is 38.0. The zero-order valence-corrected chi connectivity index (χ0v) is 6.42. The molecule has 1 fully saturated rings. The van der Waals surface area contributed by atoms with Crippen LogP contribution >= 0.6 is 0 Å². The van der Waals surface area contributed by atoms with Crippen LogP contribution < -0.4 is 0 Å². The lowest BCUT2D eigenvalue weighted by Crippen LogP contribution is -1.99. The molecule has 0 bridgehead atoms. The minimum atomic E-state index is 0.438. The molecule has 0 aromatic carbocycles. The van der Waals surface area contributed by atoms with Crippen LogP contribution in [0.1, 0.15) is 25.8 Å². The quantitative estimate of drug-likeness (QED) is 0.578. The van der Waals surface area contributed by atoms with Gasteiger partial charge in [0, 0.05) is 0 Å². The van der Waals surface area contributed by atoms with Crippen molar-refractivity contribution in [3.63, 3.8) is 0 Å². The van der Waals surface area contributed by atoms with E-state index in [0.29, 0.717) is 5.41 Å². The van der Waals surface area contributed by atoms with E-state index in [4.69, 9.17) is 4.42 Å². The maximum absolute atomic E-state index is 5.03. The Hall–Kier alpha value is -0.720. The maximum Gasteiger partial charge on any atom is 0.0940 e. The molecule has 2 unspecified atom stereocenters. The van der Waals surface area contributed by atoms with Gasteiger partial charge in [0.2, 0.25) is 0 Å². The summed E-state index contributed by atoms with van der Waals surface area (Å²) in [4.78, 5) is 0.